The van der Waals surface area contributed by atoms with Gasteiger partial charge in [0.2, 0.25) is 11.7 Å². The molecule has 0 aliphatic carbocycles. The first-order valence-corrected chi connectivity index (χ1v) is 8.46. The summed E-state index contributed by atoms with van der Waals surface area (Å²) in [5.74, 6) is -14.5. The number of aromatic nitrogens is 3. The van der Waals surface area contributed by atoms with Crippen LogP contribution in [0.4, 0.5) is 33.5 Å². The number of fused-ring (bicyclic) bond motifs is 1. The van der Waals surface area contributed by atoms with Crippen LogP contribution in [-0.4, -0.2) is 47.6 Å². The molecular weight excluding hydrogens is 447 g/mol. The Bertz CT molecular complexity index is 2050. The molecule has 1 aliphatic rings. The van der Waals surface area contributed by atoms with Crippen LogP contribution in [0.2, 0.25) is 4.24 Å². The summed E-state index contributed by atoms with van der Waals surface area (Å²) in [5, 5.41) is -0.890. The van der Waals surface area contributed by atoms with Gasteiger partial charge in [-0.3, -0.25) is 4.79 Å². The summed E-state index contributed by atoms with van der Waals surface area (Å²) in [7, 11) is -10.6. The molecule has 34 heavy (non-hydrogen) atoms. The zero-order chi connectivity index (χ0) is 43.9. The van der Waals surface area contributed by atoms with Gasteiger partial charge in [0.1, 0.15) is 5.82 Å². The van der Waals surface area contributed by atoms with E-state index in [-0.39, 0.29) is 10.6 Å². The van der Waals surface area contributed by atoms with E-state index in [0.29, 0.717) is 0 Å². The topological polar surface area (TPSA) is 129 Å². The van der Waals surface area contributed by atoms with Crippen molar-refractivity contribution in [3.63, 3.8) is 0 Å². The van der Waals surface area contributed by atoms with Gasteiger partial charge in [-0.15, -0.1) is 0 Å². The van der Waals surface area contributed by atoms with E-state index in [9.17, 15) is 4.79 Å². The number of nitrogens with zero attached hydrogens (tertiary/aromatic N) is 3. The summed E-state index contributed by atoms with van der Waals surface area (Å²) >= 11 is 0. The summed E-state index contributed by atoms with van der Waals surface area (Å²) in [6, 6.07) is -5.38. The SMILES string of the molecule is [2H]c1nc(N([2H])c2c([2H])c(OC([2H])([2H])[2H])c(OC([2H])([2H])[2H])c(OC([2H])([2H])[2H])c2[2H])nc(N([2H])c2nc3c(c([2H])c2[2H])OC(C([2H])([2H])[2H])(C([2H])([2H])[2H])C(=O)N3[2H])c1F. The summed E-state index contributed by atoms with van der Waals surface area (Å²) in [6.07, 6.45) is -1.49. The summed E-state index contributed by atoms with van der Waals surface area (Å²) in [5.41, 5.74) is -5.06. The Morgan fingerprint density at radius 2 is 1.94 bits per heavy atom. The highest BCUT2D eigenvalue weighted by Crippen LogP contribution is 2.40. The molecule has 11 nitrogen and oxygen atoms in total. The number of nitrogens with one attached hydrogen (secondary N) is 3. The van der Waals surface area contributed by atoms with Crippen LogP contribution in [0.5, 0.6) is 23.0 Å². The van der Waals surface area contributed by atoms with Crippen molar-refractivity contribution >= 4 is 35.0 Å². The number of hydrogen-bond donors (Lipinski definition) is 3. The van der Waals surface area contributed by atoms with Crippen molar-refractivity contribution in [1.82, 2.24) is 15.0 Å². The van der Waals surface area contributed by atoms with E-state index in [2.05, 4.69) is 29.2 Å². The van der Waals surface area contributed by atoms with Crippen molar-refractivity contribution in [1.29, 1.82) is 0 Å². The predicted octanol–water partition coefficient (Wildman–Crippen LogP) is 3.63. The molecule has 0 unspecified atom stereocenters. The van der Waals surface area contributed by atoms with Crippen LogP contribution < -0.4 is 34.9 Å². The van der Waals surface area contributed by atoms with Crippen LogP contribution in [0.25, 0.3) is 0 Å². The van der Waals surface area contributed by atoms with Crippen molar-refractivity contribution in [2.75, 3.05) is 37.0 Å². The lowest BCUT2D eigenvalue weighted by Crippen LogP contribution is -2.46. The number of methoxy groups -OCH3 is 3. The summed E-state index contributed by atoms with van der Waals surface area (Å²) in [4.78, 5) is 23.7. The number of amides is 1. The number of ether oxygens (including phenoxy) is 4. The van der Waals surface area contributed by atoms with Gasteiger partial charge in [-0.25, -0.2) is 14.4 Å². The van der Waals surface area contributed by atoms with Gasteiger partial charge in [0.15, 0.2) is 44.5 Å². The van der Waals surface area contributed by atoms with Crippen LogP contribution >= 0.6 is 0 Å². The number of benzene rings is 1. The molecule has 4 rings (SSSR count). The van der Waals surface area contributed by atoms with E-state index in [1.807, 2.05) is 0 Å². The Balaban J connectivity index is 1.96. The second kappa shape index (κ2) is 8.89. The van der Waals surface area contributed by atoms with Gasteiger partial charge < -0.3 is 34.9 Å². The molecule has 0 fully saturated rings. The molecule has 3 N–H and O–H groups in total. The second-order valence-electron chi connectivity index (χ2n) is 5.93. The first kappa shape index (κ1) is 7.86. The van der Waals surface area contributed by atoms with Crippen molar-refractivity contribution in [2.45, 2.75) is 19.3 Å². The fraction of sp³-hybridized carbons (Fsp3) is 0.273. The van der Waals surface area contributed by atoms with E-state index < -0.39 is 140 Å². The quantitative estimate of drug-likeness (QED) is 0.449. The fourth-order valence-electron chi connectivity index (χ4n) is 2.32. The zero-order valence-corrected chi connectivity index (χ0v) is 16.1. The van der Waals surface area contributed by atoms with Gasteiger partial charge in [0, 0.05) is 26.0 Å². The summed E-state index contributed by atoms with van der Waals surface area (Å²) < 4.78 is 215. The van der Waals surface area contributed by atoms with Crippen molar-refractivity contribution < 1.29 is 59.8 Å². The molecule has 0 saturated heterocycles. The minimum Gasteiger partial charge on any atom is -0.493 e. The van der Waals surface area contributed by atoms with Gasteiger partial charge in [-0.05, 0) is 25.8 Å². The molecule has 12 heteroatoms. The number of carbonyl (C=O) groups is 1. The Hall–Kier alpha value is -4.35. The van der Waals surface area contributed by atoms with Gasteiger partial charge in [-0.2, -0.15) is 4.98 Å². The lowest BCUT2D eigenvalue weighted by molar-refractivity contribution is -0.129. The zero-order valence-electron chi connectivity index (χ0n) is 39.1. The van der Waals surface area contributed by atoms with E-state index in [1.165, 1.54) is 0 Å². The average Bonchev–Trinajstić information content (AvgIpc) is 3.02. The van der Waals surface area contributed by atoms with Crippen molar-refractivity contribution in [3.8, 4) is 23.0 Å². The third-order valence-electron chi connectivity index (χ3n) is 3.73. The second-order valence-corrected chi connectivity index (χ2v) is 5.93. The lowest BCUT2D eigenvalue weighted by atomic mass is 10.1. The number of rotatable bonds is 7. The molecule has 3 aromatic rings. The lowest BCUT2D eigenvalue weighted by Gasteiger charge is -2.30. The maximum Gasteiger partial charge on any atom is 0.269 e. The maximum absolute atomic E-state index is 15.5. The number of pyridine rings is 1. The predicted molar refractivity (Wildman–Crippen MR) is 122 cm³/mol. The Kier molecular flexibility index (Phi) is 2.05. The number of anilines is 5. The van der Waals surface area contributed by atoms with Crippen LogP contribution in [0, 0.1) is 5.82 Å². The molecule has 0 radical (unpaired) electrons. The first-order valence-electron chi connectivity index (χ1n) is 19.8. The van der Waals surface area contributed by atoms with E-state index in [0.717, 1.165) is 0 Å². The monoisotopic (exact) mass is 493 g/mol. The molecule has 3 heterocycles. The fourth-order valence-corrected chi connectivity index (χ4v) is 2.32. The third-order valence-corrected chi connectivity index (χ3v) is 3.73. The summed E-state index contributed by atoms with van der Waals surface area (Å²) in [6.45, 7) is -7.62. The number of halogens is 1. The molecular formula is C22H23FN6O5. The highest BCUT2D eigenvalue weighted by molar-refractivity contribution is 5.99. The van der Waals surface area contributed by atoms with Crippen LogP contribution in [0.3, 0.4) is 0 Å². The van der Waals surface area contributed by atoms with Gasteiger partial charge in [-0.1, -0.05) is 0 Å². The molecule has 2 aromatic heterocycles. The molecule has 0 atom stereocenters. The molecule has 1 aromatic carbocycles. The largest absolute Gasteiger partial charge is 0.493 e. The highest BCUT2D eigenvalue weighted by Gasteiger charge is 2.36. The van der Waals surface area contributed by atoms with Gasteiger partial charge in [0.25, 0.3) is 5.91 Å². The number of carbonyl (C=O) groups excluding carboxylic acids is 1. The van der Waals surface area contributed by atoms with Crippen LogP contribution in [-0.2, 0) is 4.79 Å². The average molecular weight is 494 g/mol. The highest BCUT2D eigenvalue weighted by atomic mass is 19.1. The molecule has 0 spiro atoms. The Morgan fingerprint density at radius 3 is 2.65 bits per heavy atom. The Morgan fingerprint density at radius 1 is 1.18 bits per heavy atom. The standard InChI is InChI=1S/C22H23FN6O5/c1-22(2)20(30)28-19-13(34-22)6-7-16(27-19)26-18-12(23)10-24-21(29-18)25-11-8-14(31-3)17(33-5)15(9-11)32-4/h6-10H,1-5H3,(H3,24,25,26,27,28,29,30)/i1D3,2D3,3D3,4D3,5D3,6D,7D,8D,9D,10D/hD3. The smallest absolute Gasteiger partial charge is 0.269 e. The first-order chi connectivity index (χ1) is 25.6. The van der Waals surface area contributed by atoms with Crippen LogP contribution in [0.15, 0.2) is 30.3 Å². The van der Waals surface area contributed by atoms with E-state index in [1.54, 1.807) is 0 Å². The molecule has 0 bridgehead atoms. The number of hydrogen-bond acceptors (Lipinski definition) is 10. The maximum atomic E-state index is 15.5. The van der Waals surface area contributed by atoms with Crippen molar-refractivity contribution in [3.05, 3.63) is 36.2 Å². The minimum absolute atomic E-state index is 0.226. The Labute approximate surface area is 227 Å². The normalized spacial score (nSPS) is 25.7. The van der Waals surface area contributed by atoms with Gasteiger partial charge in [0.05, 0.1) is 46.5 Å². The van der Waals surface area contributed by atoms with Crippen molar-refractivity contribution in [2.24, 2.45) is 0 Å². The van der Waals surface area contributed by atoms with Gasteiger partial charge >= 0.3 is 0 Å². The molecule has 178 valence electrons. The van der Waals surface area contributed by atoms with Crippen LogP contribution in [0.1, 0.15) is 41.1 Å². The minimum atomic E-state index is -3.81. The molecule has 1 aliphatic heterocycles. The third kappa shape index (κ3) is 4.42. The molecule has 1 amide bonds. The van der Waals surface area contributed by atoms with E-state index >= 15 is 4.39 Å². The molecule has 0 saturated carbocycles. The van der Waals surface area contributed by atoms with E-state index in [4.69, 9.17) is 36.4 Å².